The maximum absolute atomic E-state index is 12.3. The Labute approximate surface area is 131 Å². The second-order valence-corrected chi connectivity index (χ2v) is 6.68. The minimum atomic E-state index is -0.208. The van der Waals surface area contributed by atoms with Gasteiger partial charge in [0.25, 0.3) is 0 Å². The van der Waals surface area contributed by atoms with E-state index in [4.69, 9.17) is 0 Å². The number of urea groups is 1. The zero-order chi connectivity index (χ0) is 16.3. The molecule has 1 aliphatic heterocycles. The Morgan fingerprint density at radius 3 is 2.55 bits per heavy atom. The van der Waals surface area contributed by atoms with E-state index in [1.807, 2.05) is 26.0 Å². The van der Waals surface area contributed by atoms with Crippen molar-refractivity contribution < 1.29 is 9.59 Å². The predicted octanol–water partition coefficient (Wildman–Crippen LogP) is 1.70. The fraction of sp³-hybridized carbons (Fsp3) is 0.562. The SMILES string of the molecule is CC(C)NC(=O)CNC(=O)N1CC(C)(C)C1c1ccncc1. The molecule has 2 N–H and O–H groups in total. The van der Waals surface area contributed by atoms with Gasteiger partial charge >= 0.3 is 6.03 Å². The number of amides is 3. The zero-order valence-electron chi connectivity index (χ0n) is 13.6. The highest BCUT2D eigenvalue weighted by Crippen LogP contribution is 2.47. The van der Waals surface area contributed by atoms with Crippen LogP contribution in [0.5, 0.6) is 0 Å². The fourth-order valence-electron chi connectivity index (χ4n) is 2.92. The molecular formula is C16H24N4O2. The first-order valence-electron chi connectivity index (χ1n) is 7.55. The summed E-state index contributed by atoms with van der Waals surface area (Å²) in [6, 6.07) is 3.72. The molecule has 6 heteroatoms. The van der Waals surface area contributed by atoms with E-state index in [9.17, 15) is 9.59 Å². The molecule has 1 saturated heterocycles. The van der Waals surface area contributed by atoms with E-state index in [1.54, 1.807) is 17.3 Å². The number of nitrogens with one attached hydrogen (secondary N) is 2. The number of hydrogen-bond acceptors (Lipinski definition) is 3. The van der Waals surface area contributed by atoms with Crippen molar-refractivity contribution in [3.63, 3.8) is 0 Å². The average molecular weight is 304 g/mol. The summed E-state index contributed by atoms with van der Waals surface area (Å²) in [7, 11) is 0. The summed E-state index contributed by atoms with van der Waals surface area (Å²) in [5.41, 5.74) is 1.08. The lowest BCUT2D eigenvalue weighted by molar-refractivity contribution is -0.120. The van der Waals surface area contributed by atoms with E-state index >= 15 is 0 Å². The fourth-order valence-corrected chi connectivity index (χ4v) is 2.92. The number of carbonyl (C=O) groups is 2. The Kier molecular flexibility index (Phi) is 4.68. The number of pyridine rings is 1. The third-order valence-corrected chi connectivity index (χ3v) is 3.76. The van der Waals surface area contributed by atoms with Crippen molar-refractivity contribution in [2.45, 2.75) is 39.8 Å². The minimum Gasteiger partial charge on any atom is -0.352 e. The van der Waals surface area contributed by atoms with Crippen LogP contribution in [0.2, 0.25) is 0 Å². The third kappa shape index (κ3) is 3.55. The monoisotopic (exact) mass is 304 g/mol. The number of rotatable bonds is 4. The first-order valence-corrected chi connectivity index (χ1v) is 7.55. The van der Waals surface area contributed by atoms with Crippen molar-refractivity contribution in [3.05, 3.63) is 30.1 Å². The lowest BCUT2D eigenvalue weighted by atomic mass is 9.72. The van der Waals surface area contributed by atoms with Crippen molar-refractivity contribution in [2.24, 2.45) is 5.41 Å². The molecule has 0 spiro atoms. The molecule has 0 aromatic carbocycles. The molecule has 0 saturated carbocycles. The minimum absolute atomic E-state index is 0.00297. The molecule has 0 radical (unpaired) electrons. The molecule has 1 aromatic rings. The van der Waals surface area contributed by atoms with Crippen LogP contribution in [0, 0.1) is 5.41 Å². The van der Waals surface area contributed by atoms with E-state index < -0.39 is 0 Å². The molecule has 1 unspecified atom stereocenters. The number of aromatic nitrogens is 1. The van der Waals surface area contributed by atoms with Gasteiger partial charge in [0.15, 0.2) is 0 Å². The predicted molar refractivity (Wildman–Crippen MR) is 84.1 cm³/mol. The van der Waals surface area contributed by atoms with Crippen molar-refractivity contribution in [1.82, 2.24) is 20.5 Å². The second-order valence-electron chi connectivity index (χ2n) is 6.68. The smallest absolute Gasteiger partial charge is 0.318 e. The number of nitrogens with zero attached hydrogens (tertiary/aromatic N) is 2. The molecule has 1 fully saturated rings. The molecule has 1 aromatic heterocycles. The standard InChI is InChI=1S/C16H24N4O2/c1-11(2)19-13(21)9-18-15(22)20-10-16(3,4)14(20)12-5-7-17-8-6-12/h5-8,11,14H,9-10H2,1-4H3,(H,18,22)(H,19,21). The Bertz CT molecular complexity index is 542. The quantitative estimate of drug-likeness (QED) is 0.889. The molecule has 0 aliphatic carbocycles. The van der Waals surface area contributed by atoms with Crippen molar-refractivity contribution >= 4 is 11.9 Å². The Balaban J connectivity index is 1.97. The van der Waals surface area contributed by atoms with Gasteiger partial charge in [-0.05, 0) is 31.5 Å². The van der Waals surface area contributed by atoms with E-state index in [2.05, 4.69) is 29.5 Å². The molecule has 22 heavy (non-hydrogen) atoms. The van der Waals surface area contributed by atoms with Gasteiger partial charge in [-0.15, -0.1) is 0 Å². The van der Waals surface area contributed by atoms with Crippen LogP contribution in [0.4, 0.5) is 4.79 Å². The van der Waals surface area contributed by atoms with Gasteiger partial charge in [0.05, 0.1) is 12.6 Å². The Hall–Kier alpha value is -2.11. The maximum Gasteiger partial charge on any atom is 0.318 e. The highest BCUT2D eigenvalue weighted by molar-refractivity contribution is 5.84. The summed E-state index contributed by atoms with van der Waals surface area (Å²) in [5, 5.41) is 5.44. The Morgan fingerprint density at radius 1 is 1.36 bits per heavy atom. The first-order chi connectivity index (χ1) is 10.3. The maximum atomic E-state index is 12.3. The first kappa shape index (κ1) is 16.3. The number of carbonyl (C=O) groups excluding carboxylic acids is 2. The number of hydrogen-bond donors (Lipinski definition) is 2. The van der Waals surface area contributed by atoms with Crippen molar-refractivity contribution in [3.8, 4) is 0 Å². The molecule has 2 rings (SSSR count). The van der Waals surface area contributed by atoms with Crippen molar-refractivity contribution in [1.29, 1.82) is 0 Å². The molecule has 2 heterocycles. The van der Waals surface area contributed by atoms with E-state index in [-0.39, 0.29) is 36.0 Å². The van der Waals surface area contributed by atoms with Gasteiger partial charge in [0.1, 0.15) is 0 Å². The van der Waals surface area contributed by atoms with Gasteiger partial charge in [-0.3, -0.25) is 9.78 Å². The van der Waals surface area contributed by atoms with Crippen LogP contribution in [-0.2, 0) is 4.79 Å². The molecule has 120 valence electrons. The summed E-state index contributed by atoms with van der Waals surface area (Å²) >= 11 is 0. The van der Waals surface area contributed by atoms with Gasteiger partial charge in [0.2, 0.25) is 5.91 Å². The van der Waals surface area contributed by atoms with Crippen molar-refractivity contribution in [2.75, 3.05) is 13.1 Å². The van der Waals surface area contributed by atoms with Crippen LogP contribution in [0.3, 0.4) is 0 Å². The van der Waals surface area contributed by atoms with Crippen LogP contribution < -0.4 is 10.6 Å². The molecule has 1 aliphatic rings. The van der Waals surface area contributed by atoms with Crippen LogP contribution in [-0.4, -0.2) is 41.0 Å². The highest BCUT2D eigenvalue weighted by atomic mass is 16.2. The number of likely N-dealkylation sites (tertiary alicyclic amines) is 1. The van der Waals surface area contributed by atoms with Gasteiger partial charge in [-0.25, -0.2) is 4.79 Å². The molecule has 6 nitrogen and oxygen atoms in total. The summed E-state index contributed by atoms with van der Waals surface area (Å²) in [6.45, 7) is 8.70. The van der Waals surface area contributed by atoms with E-state index in [1.165, 1.54) is 0 Å². The highest BCUT2D eigenvalue weighted by Gasteiger charge is 2.48. The largest absolute Gasteiger partial charge is 0.352 e. The van der Waals surface area contributed by atoms with Crippen LogP contribution in [0.25, 0.3) is 0 Å². The summed E-state index contributed by atoms with van der Waals surface area (Å²) in [6.07, 6.45) is 3.46. The average Bonchev–Trinajstić information content (AvgIpc) is 2.43. The van der Waals surface area contributed by atoms with Crippen LogP contribution in [0.15, 0.2) is 24.5 Å². The van der Waals surface area contributed by atoms with E-state index in [0.29, 0.717) is 6.54 Å². The van der Waals surface area contributed by atoms with Crippen LogP contribution in [0.1, 0.15) is 39.3 Å². The lowest BCUT2D eigenvalue weighted by Crippen LogP contribution is -2.61. The molecular weight excluding hydrogens is 280 g/mol. The lowest BCUT2D eigenvalue weighted by Gasteiger charge is -2.54. The van der Waals surface area contributed by atoms with Crippen LogP contribution >= 0.6 is 0 Å². The third-order valence-electron chi connectivity index (χ3n) is 3.76. The zero-order valence-corrected chi connectivity index (χ0v) is 13.6. The molecule has 1 atom stereocenters. The van der Waals surface area contributed by atoms with Gasteiger partial charge < -0.3 is 15.5 Å². The van der Waals surface area contributed by atoms with Gasteiger partial charge in [-0.2, -0.15) is 0 Å². The van der Waals surface area contributed by atoms with Gasteiger partial charge in [-0.1, -0.05) is 13.8 Å². The van der Waals surface area contributed by atoms with Gasteiger partial charge in [0, 0.05) is 30.4 Å². The molecule has 3 amide bonds. The summed E-state index contributed by atoms with van der Waals surface area (Å²) in [4.78, 5) is 29.7. The topological polar surface area (TPSA) is 74.3 Å². The second kappa shape index (κ2) is 6.34. The summed E-state index contributed by atoms with van der Waals surface area (Å²) in [5.74, 6) is -0.177. The summed E-state index contributed by atoms with van der Waals surface area (Å²) < 4.78 is 0. The normalized spacial score (nSPS) is 19.5. The molecule has 0 bridgehead atoms. The van der Waals surface area contributed by atoms with E-state index in [0.717, 1.165) is 5.56 Å². The Morgan fingerprint density at radius 2 is 2.00 bits per heavy atom.